The Balaban J connectivity index is 1.78. The van der Waals surface area contributed by atoms with E-state index in [1.54, 1.807) is 23.5 Å². The molecular formula is C19H14F2N4O3. The number of ether oxygens (including phenoxy) is 1. The van der Waals surface area contributed by atoms with Gasteiger partial charge in [0.15, 0.2) is 5.82 Å². The highest BCUT2D eigenvalue weighted by Crippen LogP contribution is 2.26. The van der Waals surface area contributed by atoms with E-state index in [4.69, 9.17) is 9.26 Å². The summed E-state index contributed by atoms with van der Waals surface area (Å²) in [6, 6.07) is 8.63. The van der Waals surface area contributed by atoms with Crippen LogP contribution in [0.3, 0.4) is 0 Å². The Morgan fingerprint density at radius 1 is 1.11 bits per heavy atom. The lowest BCUT2D eigenvalue weighted by molar-refractivity contribution is 0.0470. The lowest BCUT2D eigenvalue weighted by atomic mass is 10.1. The first-order valence-corrected chi connectivity index (χ1v) is 8.47. The monoisotopic (exact) mass is 384 g/mol. The summed E-state index contributed by atoms with van der Waals surface area (Å²) in [5.74, 6) is -1.60. The van der Waals surface area contributed by atoms with Crippen LogP contribution in [0.15, 0.2) is 47.1 Å². The first-order chi connectivity index (χ1) is 13.5. The molecule has 3 heterocycles. The highest BCUT2D eigenvalue weighted by atomic mass is 19.1. The van der Waals surface area contributed by atoms with Crippen molar-refractivity contribution in [1.29, 1.82) is 0 Å². The number of hydrogen-bond donors (Lipinski definition) is 0. The second kappa shape index (κ2) is 7.18. The summed E-state index contributed by atoms with van der Waals surface area (Å²) in [6.45, 7) is 1.84. The van der Waals surface area contributed by atoms with E-state index < -0.39 is 11.8 Å². The van der Waals surface area contributed by atoms with E-state index >= 15 is 0 Å². The van der Waals surface area contributed by atoms with Gasteiger partial charge in [-0.3, -0.25) is 0 Å². The zero-order valence-electron chi connectivity index (χ0n) is 14.7. The van der Waals surface area contributed by atoms with Crippen LogP contribution in [0.25, 0.3) is 16.9 Å². The first kappa shape index (κ1) is 17.8. The molecule has 0 amide bonds. The molecule has 4 aromatic rings. The number of fused-ring (bicyclic) bond motifs is 1. The highest BCUT2D eigenvalue weighted by molar-refractivity contribution is 5.84. The van der Waals surface area contributed by atoms with Gasteiger partial charge in [0.1, 0.15) is 17.3 Å². The molecule has 0 atom stereocenters. The third-order valence-corrected chi connectivity index (χ3v) is 4.04. The molecule has 0 aliphatic carbocycles. The van der Waals surface area contributed by atoms with Crippen molar-refractivity contribution in [3.63, 3.8) is 0 Å². The molecule has 0 bridgehead atoms. The second-order valence-corrected chi connectivity index (χ2v) is 5.90. The van der Waals surface area contributed by atoms with Crippen LogP contribution in [0.4, 0.5) is 8.78 Å². The van der Waals surface area contributed by atoms with Crippen LogP contribution in [0, 0.1) is 11.6 Å². The summed E-state index contributed by atoms with van der Waals surface area (Å²) in [5.41, 5.74) is 2.24. The minimum absolute atomic E-state index is 0.111. The van der Waals surface area contributed by atoms with Crippen LogP contribution in [-0.4, -0.2) is 32.1 Å². The van der Waals surface area contributed by atoms with Crippen molar-refractivity contribution in [2.45, 2.75) is 13.3 Å². The van der Waals surface area contributed by atoms with E-state index in [0.717, 1.165) is 0 Å². The lowest BCUT2D eigenvalue weighted by Gasteiger charge is -2.03. The Kier molecular flexibility index (Phi) is 4.56. The normalized spacial score (nSPS) is 11.1. The van der Waals surface area contributed by atoms with Gasteiger partial charge in [0.05, 0.1) is 24.4 Å². The van der Waals surface area contributed by atoms with Gasteiger partial charge in [0.25, 0.3) is 0 Å². The number of imidazole rings is 1. The molecule has 0 radical (unpaired) electrons. The van der Waals surface area contributed by atoms with Crippen LogP contribution in [0.1, 0.15) is 29.1 Å². The van der Waals surface area contributed by atoms with E-state index in [0.29, 0.717) is 22.6 Å². The minimum atomic E-state index is -0.718. The molecule has 0 aliphatic heterocycles. The van der Waals surface area contributed by atoms with E-state index in [1.807, 2.05) is 0 Å². The number of halogens is 2. The number of aromatic nitrogens is 4. The van der Waals surface area contributed by atoms with Gasteiger partial charge in [-0.25, -0.2) is 18.6 Å². The minimum Gasteiger partial charge on any atom is -0.459 e. The topological polar surface area (TPSA) is 82.5 Å². The quantitative estimate of drug-likeness (QED) is 0.490. The van der Waals surface area contributed by atoms with Gasteiger partial charge in [-0.05, 0) is 43.3 Å². The number of rotatable bonds is 5. The number of nitrogens with zero attached hydrogens (tertiary/aromatic N) is 4. The zero-order valence-corrected chi connectivity index (χ0v) is 14.7. The molecule has 1 aromatic carbocycles. The molecule has 7 nitrogen and oxygen atoms in total. The summed E-state index contributed by atoms with van der Waals surface area (Å²) in [5, 5.41) is 3.79. The molecule has 0 fully saturated rings. The lowest BCUT2D eigenvalue weighted by Crippen LogP contribution is -2.05. The number of carbonyl (C=O) groups excluding carboxylic acids is 1. The van der Waals surface area contributed by atoms with Crippen molar-refractivity contribution in [3.8, 4) is 11.3 Å². The highest BCUT2D eigenvalue weighted by Gasteiger charge is 2.20. The molecule has 0 saturated carbocycles. The van der Waals surface area contributed by atoms with E-state index in [1.165, 1.54) is 30.5 Å². The average molecular weight is 384 g/mol. The van der Waals surface area contributed by atoms with Gasteiger partial charge >= 0.3 is 11.9 Å². The molecule has 9 heteroatoms. The smallest absolute Gasteiger partial charge is 0.397 e. The maximum Gasteiger partial charge on any atom is 0.397 e. The molecule has 4 rings (SSSR count). The number of pyridine rings is 1. The standard InChI is InChI=1S/C19H14F2N4O3/c1-2-27-19(26)18-22-15(24-28-18)9-14-17(11-3-5-12(20)6-4-11)23-16-8-7-13(21)10-25(14)16/h3-8,10H,2,9H2,1H3. The fraction of sp³-hybridized carbons (Fsp3) is 0.158. The van der Waals surface area contributed by atoms with Gasteiger partial charge in [-0.15, -0.1) is 0 Å². The summed E-state index contributed by atoms with van der Waals surface area (Å²) in [4.78, 5) is 20.3. The molecule has 0 unspecified atom stereocenters. The Labute approximate surface area is 157 Å². The number of benzene rings is 1. The van der Waals surface area contributed by atoms with Crippen LogP contribution in [-0.2, 0) is 11.2 Å². The van der Waals surface area contributed by atoms with Crippen molar-refractivity contribution in [2.75, 3.05) is 6.61 Å². The third kappa shape index (κ3) is 3.34. The zero-order chi connectivity index (χ0) is 19.7. The first-order valence-electron chi connectivity index (χ1n) is 8.47. The van der Waals surface area contributed by atoms with Crippen molar-refractivity contribution >= 4 is 11.6 Å². The van der Waals surface area contributed by atoms with E-state index in [2.05, 4.69) is 15.1 Å². The number of carbonyl (C=O) groups is 1. The van der Waals surface area contributed by atoms with Crippen LogP contribution >= 0.6 is 0 Å². The fourth-order valence-corrected chi connectivity index (χ4v) is 2.83. The maximum atomic E-state index is 13.8. The summed E-state index contributed by atoms with van der Waals surface area (Å²) in [7, 11) is 0. The van der Waals surface area contributed by atoms with Crippen molar-refractivity contribution in [3.05, 3.63) is 71.6 Å². The third-order valence-electron chi connectivity index (χ3n) is 4.04. The number of hydrogen-bond acceptors (Lipinski definition) is 6. The van der Waals surface area contributed by atoms with E-state index in [9.17, 15) is 13.6 Å². The largest absolute Gasteiger partial charge is 0.459 e. The predicted molar refractivity (Wildman–Crippen MR) is 93.6 cm³/mol. The van der Waals surface area contributed by atoms with Gasteiger partial charge in [0, 0.05) is 11.8 Å². The van der Waals surface area contributed by atoms with E-state index in [-0.39, 0.29) is 30.6 Å². The fourth-order valence-electron chi connectivity index (χ4n) is 2.83. The Morgan fingerprint density at radius 2 is 1.86 bits per heavy atom. The summed E-state index contributed by atoms with van der Waals surface area (Å²) in [6.07, 6.45) is 1.40. The van der Waals surface area contributed by atoms with Gasteiger partial charge in [0.2, 0.25) is 0 Å². The Hall–Kier alpha value is -3.62. The number of esters is 1. The predicted octanol–water partition coefficient (Wildman–Crippen LogP) is 3.43. The Bertz CT molecular complexity index is 1150. The van der Waals surface area contributed by atoms with Crippen LogP contribution < -0.4 is 0 Å². The van der Waals surface area contributed by atoms with Gasteiger partial charge in [-0.1, -0.05) is 5.16 Å². The van der Waals surface area contributed by atoms with Crippen LogP contribution in [0.5, 0.6) is 0 Å². The second-order valence-electron chi connectivity index (χ2n) is 5.90. The average Bonchev–Trinajstić information content (AvgIpc) is 3.28. The Morgan fingerprint density at radius 3 is 2.61 bits per heavy atom. The van der Waals surface area contributed by atoms with Gasteiger partial charge < -0.3 is 13.7 Å². The molecule has 0 saturated heterocycles. The molecule has 0 spiro atoms. The molecule has 3 aromatic heterocycles. The maximum absolute atomic E-state index is 13.8. The van der Waals surface area contributed by atoms with Crippen molar-refractivity contribution in [2.24, 2.45) is 0 Å². The van der Waals surface area contributed by atoms with Crippen molar-refractivity contribution in [1.82, 2.24) is 19.5 Å². The van der Waals surface area contributed by atoms with Crippen LogP contribution in [0.2, 0.25) is 0 Å². The van der Waals surface area contributed by atoms with Gasteiger partial charge in [-0.2, -0.15) is 4.98 Å². The molecule has 28 heavy (non-hydrogen) atoms. The molecule has 0 N–H and O–H groups in total. The molecule has 0 aliphatic rings. The molecule has 142 valence electrons. The SMILES string of the molecule is CCOC(=O)c1nc(Cc2c(-c3ccc(F)cc3)nc3ccc(F)cn23)no1. The van der Waals surface area contributed by atoms with Crippen molar-refractivity contribution < 1.29 is 22.8 Å². The summed E-state index contributed by atoms with van der Waals surface area (Å²) < 4.78 is 38.4. The summed E-state index contributed by atoms with van der Waals surface area (Å²) >= 11 is 0. The molecular weight excluding hydrogens is 370 g/mol.